The number of aromatic nitrogens is 3. The van der Waals surface area contributed by atoms with E-state index in [1.807, 2.05) is 19.1 Å². The fourth-order valence-corrected chi connectivity index (χ4v) is 2.96. The minimum atomic E-state index is -3.69. The first-order valence-electron chi connectivity index (χ1n) is 6.09. The number of hydrogen-bond acceptors (Lipinski definition) is 5. The zero-order valence-electron chi connectivity index (χ0n) is 11.3. The summed E-state index contributed by atoms with van der Waals surface area (Å²) in [6, 6.07) is 3.65. The Morgan fingerprint density at radius 1 is 1.35 bits per heavy atom. The van der Waals surface area contributed by atoms with Gasteiger partial charge in [-0.25, -0.2) is 13.1 Å². The van der Waals surface area contributed by atoms with Gasteiger partial charge in [-0.2, -0.15) is 5.10 Å². The number of nitrogens with zero attached hydrogens (tertiary/aromatic N) is 2. The van der Waals surface area contributed by atoms with Gasteiger partial charge in [-0.15, -0.1) is 0 Å². The zero-order chi connectivity index (χ0) is 14.8. The second-order valence-corrected chi connectivity index (χ2v) is 6.15. The second-order valence-electron chi connectivity index (χ2n) is 4.47. The molecule has 0 aliphatic rings. The summed E-state index contributed by atoms with van der Waals surface area (Å²) in [6.07, 6.45) is 1.64. The van der Waals surface area contributed by atoms with Crippen molar-refractivity contribution in [3.05, 3.63) is 40.8 Å². The Labute approximate surface area is 117 Å². The Balaban J connectivity index is 2.17. The third kappa shape index (κ3) is 3.03. The first-order chi connectivity index (χ1) is 9.44. The van der Waals surface area contributed by atoms with Gasteiger partial charge in [0, 0.05) is 36.2 Å². The van der Waals surface area contributed by atoms with Crippen LogP contribution in [0.2, 0.25) is 0 Å². The van der Waals surface area contributed by atoms with Crippen LogP contribution < -0.4 is 10.5 Å². The second kappa shape index (κ2) is 5.70. The molecule has 8 heteroatoms. The van der Waals surface area contributed by atoms with Crippen LogP contribution in [0.25, 0.3) is 0 Å². The zero-order valence-corrected chi connectivity index (χ0v) is 12.2. The number of nitrogens with two attached hydrogens (primary N) is 1. The molecule has 0 atom stereocenters. The van der Waals surface area contributed by atoms with Crippen LogP contribution in [0.3, 0.4) is 0 Å². The van der Waals surface area contributed by atoms with Gasteiger partial charge in [-0.1, -0.05) is 6.07 Å². The molecule has 0 saturated heterocycles. The summed E-state index contributed by atoms with van der Waals surface area (Å²) in [5, 5.41) is 6.41. The summed E-state index contributed by atoms with van der Waals surface area (Å²) in [6.45, 7) is 3.88. The summed E-state index contributed by atoms with van der Waals surface area (Å²) < 4.78 is 26.9. The lowest BCUT2D eigenvalue weighted by Crippen LogP contribution is -2.25. The number of nitrogens with one attached hydrogen (secondary N) is 2. The van der Waals surface area contributed by atoms with Crippen molar-refractivity contribution in [2.24, 2.45) is 5.73 Å². The van der Waals surface area contributed by atoms with E-state index in [1.54, 1.807) is 13.1 Å². The molecule has 0 bridgehead atoms. The summed E-state index contributed by atoms with van der Waals surface area (Å²) >= 11 is 0. The van der Waals surface area contributed by atoms with Crippen molar-refractivity contribution in [3.63, 3.8) is 0 Å². The fourth-order valence-electron chi connectivity index (χ4n) is 1.74. The molecule has 2 aromatic rings. The molecule has 0 unspecified atom stereocenters. The van der Waals surface area contributed by atoms with Crippen LogP contribution in [0.1, 0.15) is 22.5 Å². The van der Waals surface area contributed by atoms with E-state index in [4.69, 9.17) is 5.73 Å². The molecule has 4 N–H and O–H groups in total. The third-order valence-electron chi connectivity index (χ3n) is 2.93. The molecule has 7 nitrogen and oxygen atoms in total. The maximum absolute atomic E-state index is 12.2. The van der Waals surface area contributed by atoms with Crippen LogP contribution in [-0.2, 0) is 23.1 Å². The molecule has 2 aromatic heterocycles. The molecule has 0 radical (unpaired) electrons. The Kier molecular flexibility index (Phi) is 4.17. The molecule has 0 aliphatic carbocycles. The van der Waals surface area contributed by atoms with Crippen LogP contribution in [0.5, 0.6) is 0 Å². The fraction of sp³-hybridized carbons (Fsp3) is 0.333. The Bertz CT molecular complexity index is 691. The summed E-state index contributed by atoms with van der Waals surface area (Å²) in [5.41, 5.74) is 8.37. The van der Waals surface area contributed by atoms with E-state index in [2.05, 4.69) is 19.9 Å². The average Bonchev–Trinajstić information content (AvgIpc) is 2.80. The number of sulfonamides is 1. The smallest absolute Gasteiger partial charge is 0.260 e. The lowest BCUT2D eigenvalue weighted by atomic mass is 10.2. The first kappa shape index (κ1) is 14.6. The summed E-state index contributed by atoms with van der Waals surface area (Å²) in [4.78, 5) is 4.11. The van der Waals surface area contributed by atoms with E-state index >= 15 is 0 Å². The lowest BCUT2D eigenvalue weighted by molar-refractivity contribution is 0.575. The van der Waals surface area contributed by atoms with Gasteiger partial charge in [-0.05, 0) is 25.5 Å². The van der Waals surface area contributed by atoms with Crippen molar-refractivity contribution in [2.45, 2.75) is 32.0 Å². The average molecular weight is 295 g/mol. The van der Waals surface area contributed by atoms with E-state index in [0.29, 0.717) is 11.3 Å². The van der Waals surface area contributed by atoms with Crippen LogP contribution in [0.4, 0.5) is 0 Å². The number of aryl methyl sites for hydroxylation is 2. The van der Waals surface area contributed by atoms with Crippen molar-refractivity contribution in [1.29, 1.82) is 0 Å². The molecular formula is C12H17N5O2S. The summed E-state index contributed by atoms with van der Waals surface area (Å²) in [5.74, 6) is 0. The van der Waals surface area contributed by atoms with E-state index in [0.717, 1.165) is 11.3 Å². The van der Waals surface area contributed by atoms with Gasteiger partial charge in [0.15, 0.2) is 5.03 Å². The van der Waals surface area contributed by atoms with E-state index < -0.39 is 10.0 Å². The monoisotopic (exact) mass is 295 g/mol. The Morgan fingerprint density at radius 2 is 2.10 bits per heavy atom. The molecule has 2 heterocycles. The predicted molar refractivity (Wildman–Crippen MR) is 74.2 cm³/mol. The van der Waals surface area contributed by atoms with E-state index in [9.17, 15) is 8.42 Å². The van der Waals surface area contributed by atoms with Gasteiger partial charge in [0.05, 0.1) is 0 Å². The highest BCUT2D eigenvalue weighted by molar-refractivity contribution is 7.89. The lowest BCUT2D eigenvalue weighted by Gasteiger charge is -2.06. The molecule has 108 valence electrons. The molecule has 0 aromatic carbocycles. The van der Waals surface area contributed by atoms with Crippen LogP contribution in [0, 0.1) is 13.8 Å². The van der Waals surface area contributed by atoms with Crippen LogP contribution >= 0.6 is 0 Å². The molecule has 20 heavy (non-hydrogen) atoms. The highest BCUT2D eigenvalue weighted by atomic mass is 32.2. The quantitative estimate of drug-likeness (QED) is 0.737. The van der Waals surface area contributed by atoms with Gasteiger partial charge in [0.2, 0.25) is 0 Å². The number of aromatic amines is 1. The Hall–Kier alpha value is -1.77. The van der Waals surface area contributed by atoms with Gasteiger partial charge < -0.3 is 5.73 Å². The van der Waals surface area contributed by atoms with Crippen molar-refractivity contribution in [3.8, 4) is 0 Å². The number of rotatable bonds is 5. The van der Waals surface area contributed by atoms with E-state index in [-0.39, 0.29) is 18.1 Å². The highest BCUT2D eigenvalue weighted by Crippen LogP contribution is 2.15. The maximum atomic E-state index is 12.2. The molecule has 2 rings (SSSR count). The minimum absolute atomic E-state index is 0.0439. The SMILES string of the molecule is Cc1ccc(CNS(=O)(=O)c2n[nH]c(C)c2CN)cn1. The summed E-state index contributed by atoms with van der Waals surface area (Å²) in [7, 11) is -3.69. The normalized spacial score (nSPS) is 11.8. The van der Waals surface area contributed by atoms with Gasteiger partial charge in [0.25, 0.3) is 10.0 Å². The van der Waals surface area contributed by atoms with Crippen molar-refractivity contribution >= 4 is 10.0 Å². The van der Waals surface area contributed by atoms with Gasteiger partial charge >= 0.3 is 0 Å². The molecule has 0 saturated carbocycles. The molecule has 0 aliphatic heterocycles. The van der Waals surface area contributed by atoms with E-state index in [1.165, 1.54) is 0 Å². The number of pyridine rings is 1. The first-order valence-corrected chi connectivity index (χ1v) is 7.57. The van der Waals surface area contributed by atoms with Crippen molar-refractivity contribution < 1.29 is 8.42 Å². The van der Waals surface area contributed by atoms with Crippen molar-refractivity contribution in [1.82, 2.24) is 19.9 Å². The standard InChI is InChI=1S/C12H17N5O2S/c1-8-3-4-10(6-14-8)7-15-20(18,19)12-11(5-13)9(2)16-17-12/h3-4,6,15H,5,7,13H2,1-2H3,(H,16,17). The van der Waals surface area contributed by atoms with Crippen LogP contribution in [-0.4, -0.2) is 23.6 Å². The van der Waals surface area contributed by atoms with Crippen LogP contribution in [0.15, 0.2) is 23.4 Å². The molecule has 0 fully saturated rings. The topological polar surface area (TPSA) is 114 Å². The molecule has 0 spiro atoms. The van der Waals surface area contributed by atoms with Crippen molar-refractivity contribution in [2.75, 3.05) is 0 Å². The highest BCUT2D eigenvalue weighted by Gasteiger charge is 2.22. The maximum Gasteiger partial charge on any atom is 0.260 e. The largest absolute Gasteiger partial charge is 0.326 e. The Morgan fingerprint density at radius 3 is 2.70 bits per heavy atom. The van der Waals surface area contributed by atoms with Gasteiger partial charge in [0.1, 0.15) is 0 Å². The van der Waals surface area contributed by atoms with Gasteiger partial charge in [-0.3, -0.25) is 10.1 Å². The number of hydrogen-bond donors (Lipinski definition) is 3. The minimum Gasteiger partial charge on any atom is -0.326 e. The molecular weight excluding hydrogens is 278 g/mol. The molecule has 0 amide bonds. The predicted octanol–water partition coefficient (Wildman–Crippen LogP) is 0.359. The third-order valence-corrected chi connectivity index (χ3v) is 4.30. The number of H-pyrrole nitrogens is 1.